The van der Waals surface area contributed by atoms with Crippen LogP contribution in [0.4, 0.5) is 5.00 Å². The molecular formula is C24H29N3O4S2. The Morgan fingerprint density at radius 3 is 2.36 bits per heavy atom. The second-order valence-electron chi connectivity index (χ2n) is 8.01. The van der Waals surface area contributed by atoms with Crippen LogP contribution in [0.15, 0.2) is 54.5 Å². The molecule has 0 spiro atoms. The van der Waals surface area contributed by atoms with Crippen LogP contribution in [0.2, 0.25) is 0 Å². The molecule has 0 bridgehead atoms. The summed E-state index contributed by atoms with van der Waals surface area (Å²) in [4.78, 5) is 26.7. The molecule has 2 aromatic rings. The first-order valence-electron chi connectivity index (χ1n) is 10.7. The lowest BCUT2D eigenvalue weighted by Gasteiger charge is -2.19. The van der Waals surface area contributed by atoms with E-state index in [2.05, 4.69) is 30.7 Å². The van der Waals surface area contributed by atoms with Crippen molar-refractivity contribution in [3.63, 3.8) is 0 Å². The molecule has 1 aliphatic rings. The summed E-state index contributed by atoms with van der Waals surface area (Å²) in [6, 6.07) is 5.75. The molecule has 0 fully saturated rings. The molecule has 1 aromatic carbocycles. The first kappa shape index (κ1) is 24.9. The quantitative estimate of drug-likeness (QED) is 0.525. The predicted octanol–water partition coefficient (Wildman–Crippen LogP) is 3.85. The van der Waals surface area contributed by atoms with Crippen molar-refractivity contribution in [2.75, 3.05) is 25.5 Å². The zero-order valence-electron chi connectivity index (χ0n) is 18.9. The number of carbonyl (C=O) groups is 2. The smallest absolute Gasteiger partial charge is 0.256 e. The summed E-state index contributed by atoms with van der Waals surface area (Å²) in [5.74, 6) is -0.0819. The third-order valence-electron chi connectivity index (χ3n) is 5.61. The molecule has 176 valence electrons. The van der Waals surface area contributed by atoms with E-state index in [1.165, 1.54) is 52.1 Å². The van der Waals surface area contributed by atoms with Gasteiger partial charge in [-0.3, -0.25) is 9.59 Å². The standard InChI is InChI=1S/C24H29N3O4S2/c1-5-13-27(14-6-2)33(30,31)18-10-8-17(9-11-18)22(28)26-24-21(23(29)25-4)19-12-7-16(3)15-20(19)32-24/h5-6,8-11,16H,1-2,7,12-15H2,3-4H3,(H,25,29)(H,26,28). The number of hydrogen-bond acceptors (Lipinski definition) is 5. The van der Waals surface area contributed by atoms with Crippen molar-refractivity contribution in [2.45, 2.75) is 31.1 Å². The minimum absolute atomic E-state index is 0.0781. The van der Waals surface area contributed by atoms with Crippen LogP contribution in [0.3, 0.4) is 0 Å². The maximum atomic E-state index is 12.9. The number of carbonyl (C=O) groups excluding carboxylic acids is 2. The van der Waals surface area contributed by atoms with Gasteiger partial charge in [0.25, 0.3) is 11.8 Å². The van der Waals surface area contributed by atoms with Gasteiger partial charge < -0.3 is 10.6 Å². The normalized spacial score (nSPS) is 15.5. The summed E-state index contributed by atoms with van der Waals surface area (Å²) < 4.78 is 27.0. The third-order valence-corrected chi connectivity index (χ3v) is 8.63. The minimum atomic E-state index is -3.75. The zero-order valence-corrected chi connectivity index (χ0v) is 20.5. The van der Waals surface area contributed by atoms with Crippen molar-refractivity contribution in [3.8, 4) is 0 Å². The second kappa shape index (κ2) is 10.5. The summed E-state index contributed by atoms with van der Waals surface area (Å²) in [6.45, 7) is 9.69. The lowest BCUT2D eigenvalue weighted by Crippen LogP contribution is -2.31. The van der Waals surface area contributed by atoms with Gasteiger partial charge in [0.15, 0.2) is 0 Å². The first-order chi connectivity index (χ1) is 15.7. The lowest BCUT2D eigenvalue weighted by molar-refractivity contribution is 0.0963. The highest BCUT2D eigenvalue weighted by Crippen LogP contribution is 2.39. The van der Waals surface area contributed by atoms with Crippen molar-refractivity contribution >= 4 is 38.2 Å². The molecule has 0 aliphatic heterocycles. The van der Waals surface area contributed by atoms with E-state index in [9.17, 15) is 18.0 Å². The van der Waals surface area contributed by atoms with Crippen LogP contribution >= 0.6 is 11.3 Å². The van der Waals surface area contributed by atoms with E-state index in [-0.39, 0.29) is 23.9 Å². The lowest BCUT2D eigenvalue weighted by atomic mass is 9.88. The Bertz CT molecular complexity index is 1160. The number of fused-ring (bicyclic) bond motifs is 1. The molecule has 3 rings (SSSR count). The summed E-state index contributed by atoms with van der Waals surface area (Å²) in [5, 5.41) is 6.06. The fraction of sp³-hybridized carbons (Fsp3) is 0.333. The zero-order chi connectivity index (χ0) is 24.2. The Morgan fingerprint density at radius 2 is 1.79 bits per heavy atom. The molecule has 2 amide bonds. The van der Waals surface area contributed by atoms with Crippen molar-refractivity contribution in [3.05, 3.63) is 71.1 Å². The molecule has 1 heterocycles. The molecule has 1 atom stereocenters. The van der Waals surface area contributed by atoms with Gasteiger partial charge in [-0.1, -0.05) is 19.1 Å². The van der Waals surface area contributed by atoms with Gasteiger partial charge in [-0.2, -0.15) is 4.31 Å². The van der Waals surface area contributed by atoms with Crippen LogP contribution in [-0.4, -0.2) is 44.7 Å². The van der Waals surface area contributed by atoms with E-state index >= 15 is 0 Å². The predicted molar refractivity (Wildman–Crippen MR) is 132 cm³/mol. The van der Waals surface area contributed by atoms with Gasteiger partial charge in [-0.15, -0.1) is 24.5 Å². The van der Waals surface area contributed by atoms with Gasteiger partial charge in [-0.05, 0) is 55.0 Å². The Labute approximate surface area is 199 Å². The molecule has 7 nitrogen and oxygen atoms in total. The second-order valence-corrected chi connectivity index (χ2v) is 11.1. The van der Waals surface area contributed by atoms with E-state index in [1.54, 1.807) is 7.05 Å². The Kier molecular flexibility index (Phi) is 7.88. The number of anilines is 1. The first-order valence-corrected chi connectivity index (χ1v) is 13.0. The van der Waals surface area contributed by atoms with Crippen LogP contribution in [0.1, 0.15) is 44.5 Å². The Morgan fingerprint density at radius 1 is 1.15 bits per heavy atom. The number of nitrogens with zero attached hydrogens (tertiary/aromatic N) is 1. The number of sulfonamides is 1. The van der Waals surface area contributed by atoms with Gasteiger partial charge in [0.1, 0.15) is 5.00 Å². The van der Waals surface area contributed by atoms with Gasteiger partial charge in [0.05, 0.1) is 10.5 Å². The molecule has 1 aliphatic carbocycles. The average molecular weight is 488 g/mol. The monoisotopic (exact) mass is 487 g/mol. The van der Waals surface area contributed by atoms with E-state index < -0.39 is 15.9 Å². The van der Waals surface area contributed by atoms with Crippen LogP contribution in [0.25, 0.3) is 0 Å². The fourth-order valence-electron chi connectivity index (χ4n) is 3.87. The Balaban J connectivity index is 1.85. The van der Waals surface area contributed by atoms with E-state index in [4.69, 9.17) is 0 Å². The van der Waals surface area contributed by atoms with Crippen molar-refractivity contribution < 1.29 is 18.0 Å². The van der Waals surface area contributed by atoms with Crippen LogP contribution < -0.4 is 10.6 Å². The summed E-state index contributed by atoms with van der Waals surface area (Å²) in [7, 11) is -2.17. The number of benzene rings is 1. The minimum Gasteiger partial charge on any atom is -0.355 e. The molecule has 1 unspecified atom stereocenters. The summed E-state index contributed by atoms with van der Waals surface area (Å²) >= 11 is 1.44. The van der Waals surface area contributed by atoms with Crippen molar-refractivity contribution in [1.82, 2.24) is 9.62 Å². The molecule has 2 N–H and O–H groups in total. The average Bonchev–Trinajstić information content (AvgIpc) is 3.15. The molecule has 9 heteroatoms. The van der Waals surface area contributed by atoms with E-state index in [1.807, 2.05) is 0 Å². The van der Waals surface area contributed by atoms with Gasteiger partial charge in [-0.25, -0.2) is 8.42 Å². The molecule has 0 saturated heterocycles. The van der Waals surface area contributed by atoms with Crippen molar-refractivity contribution in [1.29, 1.82) is 0 Å². The highest BCUT2D eigenvalue weighted by molar-refractivity contribution is 7.89. The molecule has 0 radical (unpaired) electrons. The molecule has 1 aromatic heterocycles. The summed E-state index contributed by atoms with van der Waals surface area (Å²) in [5.41, 5.74) is 1.84. The highest BCUT2D eigenvalue weighted by Gasteiger charge is 2.28. The number of nitrogens with one attached hydrogen (secondary N) is 2. The molecule has 33 heavy (non-hydrogen) atoms. The van der Waals surface area contributed by atoms with Crippen molar-refractivity contribution in [2.24, 2.45) is 5.92 Å². The maximum absolute atomic E-state index is 12.9. The largest absolute Gasteiger partial charge is 0.355 e. The van der Waals surface area contributed by atoms with Gasteiger partial charge in [0, 0.05) is 30.6 Å². The van der Waals surface area contributed by atoms with Crippen LogP contribution in [-0.2, 0) is 22.9 Å². The topological polar surface area (TPSA) is 95.6 Å². The van der Waals surface area contributed by atoms with Crippen LogP contribution in [0.5, 0.6) is 0 Å². The number of thiophene rings is 1. The van der Waals surface area contributed by atoms with Gasteiger partial charge in [0.2, 0.25) is 10.0 Å². The van der Waals surface area contributed by atoms with Gasteiger partial charge >= 0.3 is 0 Å². The summed E-state index contributed by atoms with van der Waals surface area (Å²) in [6.07, 6.45) is 5.72. The van der Waals surface area contributed by atoms with E-state index in [0.29, 0.717) is 22.0 Å². The molecule has 0 saturated carbocycles. The van der Waals surface area contributed by atoms with E-state index in [0.717, 1.165) is 29.7 Å². The SMILES string of the molecule is C=CCN(CC=C)S(=O)(=O)c1ccc(C(=O)Nc2sc3c(c2C(=O)NC)CCC(C)C3)cc1. The number of amides is 2. The maximum Gasteiger partial charge on any atom is 0.256 e. The fourth-order valence-corrected chi connectivity index (χ4v) is 6.65. The Hall–Kier alpha value is -2.75. The number of hydrogen-bond donors (Lipinski definition) is 2. The number of rotatable bonds is 9. The molecular weight excluding hydrogens is 458 g/mol. The van der Waals surface area contributed by atoms with Crippen LogP contribution in [0, 0.1) is 5.92 Å². The highest BCUT2D eigenvalue weighted by atomic mass is 32.2. The third kappa shape index (κ3) is 5.26.